The number of nitrogens with two attached hydrogens (primary N) is 1. The number of hydrogen-bond donors (Lipinski definition) is 1. The molecule has 3 heteroatoms. The Hall–Kier alpha value is -1.35. The molecule has 0 unspecified atom stereocenters. The maximum absolute atomic E-state index is 11.4. The molecule has 0 aliphatic heterocycles. The van der Waals surface area contributed by atoms with Crippen molar-refractivity contribution in [3.63, 3.8) is 0 Å². The summed E-state index contributed by atoms with van der Waals surface area (Å²) in [5, 5.41) is 0. The molecular formula is C11H17NO2. The van der Waals surface area contributed by atoms with E-state index in [9.17, 15) is 4.79 Å². The lowest BCUT2D eigenvalue weighted by Crippen LogP contribution is -2.08. The van der Waals surface area contributed by atoms with Gasteiger partial charge in [-0.1, -0.05) is 18.2 Å². The van der Waals surface area contributed by atoms with Gasteiger partial charge in [-0.05, 0) is 26.0 Å². The van der Waals surface area contributed by atoms with Gasteiger partial charge < -0.3 is 10.5 Å². The van der Waals surface area contributed by atoms with Gasteiger partial charge in [0, 0.05) is 6.54 Å². The van der Waals surface area contributed by atoms with Crippen molar-refractivity contribution in [1.29, 1.82) is 0 Å². The maximum atomic E-state index is 11.4. The van der Waals surface area contributed by atoms with E-state index in [1.807, 2.05) is 6.92 Å². The van der Waals surface area contributed by atoms with Gasteiger partial charge in [-0.15, -0.1) is 0 Å². The van der Waals surface area contributed by atoms with Crippen LogP contribution in [0.15, 0.2) is 36.0 Å². The average Bonchev–Trinajstić information content (AvgIpc) is 2.17. The molecule has 0 aromatic rings. The molecule has 2 N–H and O–H groups in total. The first-order chi connectivity index (χ1) is 6.65. The van der Waals surface area contributed by atoms with Crippen LogP contribution in [0.3, 0.4) is 0 Å². The fourth-order valence-corrected chi connectivity index (χ4v) is 0.841. The lowest BCUT2D eigenvalue weighted by molar-refractivity contribution is -0.138. The van der Waals surface area contributed by atoms with Gasteiger partial charge in [0.2, 0.25) is 0 Å². The van der Waals surface area contributed by atoms with Crippen LogP contribution in [0, 0.1) is 0 Å². The zero-order chi connectivity index (χ0) is 11.0. The molecule has 14 heavy (non-hydrogen) atoms. The van der Waals surface area contributed by atoms with Crippen LogP contribution < -0.4 is 5.73 Å². The zero-order valence-electron chi connectivity index (χ0n) is 8.75. The molecule has 0 bridgehead atoms. The molecule has 3 nitrogen and oxygen atoms in total. The molecule has 0 aliphatic rings. The summed E-state index contributed by atoms with van der Waals surface area (Å²) in [4.78, 5) is 11.4. The van der Waals surface area contributed by atoms with Crippen LogP contribution in [0.2, 0.25) is 0 Å². The summed E-state index contributed by atoms with van der Waals surface area (Å²) < 4.78 is 4.86. The van der Waals surface area contributed by atoms with Crippen molar-refractivity contribution in [2.45, 2.75) is 13.8 Å². The van der Waals surface area contributed by atoms with Crippen molar-refractivity contribution in [3.8, 4) is 0 Å². The van der Waals surface area contributed by atoms with E-state index in [2.05, 4.69) is 6.58 Å². The number of carbonyl (C=O) groups is 1. The van der Waals surface area contributed by atoms with Gasteiger partial charge in [0.15, 0.2) is 0 Å². The minimum absolute atomic E-state index is 0.347. The van der Waals surface area contributed by atoms with Gasteiger partial charge in [0.1, 0.15) is 0 Å². The van der Waals surface area contributed by atoms with E-state index in [4.69, 9.17) is 10.5 Å². The van der Waals surface area contributed by atoms with E-state index in [1.165, 1.54) is 0 Å². The Morgan fingerprint density at radius 3 is 2.64 bits per heavy atom. The normalized spacial score (nSPS) is 12.5. The van der Waals surface area contributed by atoms with E-state index >= 15 is 0 Å². The van der Waals surface area contributed by atoms with E-state index in [1.54, 1.807) is 25.2 Å². The van der Waals surface area contributed by atoms with Gasteiger partial charge in [-0.2, -0.15) is 0 Å². The first kappa shape index (κ1) is 12.7. The molecule has 0 aromatic carbocycles. The number of hydrogen-bond acceptors (Lipinski definition) is 3. The SMILES string of the molecule is C=C/C=C(\C=C(/C)CN)C(=O)OCC. The molecule has 0 rings (SSSR count). The zero-order valence-corrected chi connectivity index (χ0v) is 8.75. The average molecular weight is 195 g/mol. The molecule has 0 aliphatic carbocycles. The van der Waals surface area contributed by atoms with Gasteiger partial charge in [-0.25, -0.2) is 4.79 Å². The van der Waals surface area contributed by atoms with Crippen LogP contribution in [0.4, 0.5) is 0 Å². The largest absolute Gasteiger partial charge is 0.462 e. The smallest absolute Gasteiger partial charge is 0.338 e. The highest BCUT2D eigenvalue weighted by atomic mass is 16.5. The van der Waals surface area contributed by atoms with Crippen LogP contribution in [0.5, 0.6) is 0 Å². The van der Waals surface area contributed by atoms with E-state index in [0.29, 0.717) is 18.7 Å². The van der Waals surface area contributed by atoms with Crippen LogP contribution >= 0.6 is 0 Å². The van der Waals surface area contributed by atoms with Crippen molar-refractivity contribution in [1.82, 2.24) is 0 Å². The molecule has 0 radical (unpaired) electrons. The summed E-state index contributed by atoms with van der Waals surface area (Å²) in [5.74, 6) is -0.347. The van der Waals surface area contributed by atoms with Crippen LogP contribution in [0.1, 0.15) is 13.8 Å². The first-order valence-electron chi connectivity index (χ1n) is 4.52. The summed E-state index contributed by atoms with van der Waals surface area (Å²) in [6.07, 6.45) is 4.86. The number of ether oxygens (including phenoxy) is 1. The third kappa shape index (κ3) is 4.62. The molecule has 0 saturated heterocycles. The molecule has 0 fully saturated rings. The molecule has 78 valence electrons. The third-order valence-electron chi connectivity index (χ3n) is 1.53. The molecule has 0 spiro atoms. The van der Waals surface area contributed by atoms with Gasteiger partial charge in [0.25, 0.3) is 0 Å². The number of carbonyl (C=O) groups excluding carboxylic acids is 1. The highest BCUT2D eigenvalue weighted by Crippen LogP contribution is 2.04. The van der Waals surface area contributed by atoms with Crippen LogP contribution in [-0.4, -0.2) is 19.1 Å². The number of esters is 1. The Morgan fingerprint density at radius 2 is 2.21 bits per heavy atom. The Balaban J connectivity index is 4.70. The van der Waals surface area contributed by atoms with Crippen molar-refractivity contribution in [3.05, 3.63) is 36.0 Å². The minimum atomic E-state index is -0.347. The van der Waals surface area contributed by atoms with E-state index in [-0.39, 0.29) is 5.97 Å². The third-order valence-corrected chi connectivity index (χ3v) is 1.53. The number of allylic oxidation sites excluding steroid dienone is 2. The molecule has 0 atom stereocenters. The van der Waals surface area contributed by atoms with Crippen LogP contribution in [-0.2, 0) is 9.53 Å². The second kappa shape index (κ2) is 7.09. The van der Waals surface area contributed by atoms with Crippen molar-refractivity contribution >= 4 is 5.97 Å². The molecule has 0 aromatic heterocycles. The first-order valence-corrected chi connectivity index (χ1v) is 4.52. The molecule has 0 heterocycles. The molecule has 0 saturated carbocycles. The Morgan fingerprint density at radius 1 is 1.57 bits per heavy atom. The lowest BCUT2D eigenvalue weighted by Gasteiger charge is -2.03. The predicted molar refractivity (Wildman–Crippen MR) is 57.7 cm³/mol. The van der Waals surface area contributed by atoms with E-state index in [0.717, 1.165) is 5.57 Å². The molecule has 0 amide bonds. The summed E-state index contributed by atoms with van der Waals surface area (Å²) in [5.41, 5.74) is 6.82. The Labute approximate surface area is 84.9 Å². The van der Waals surface area contributed by atoms with Crippen molar-refractivity contribution < 1.29 is 9.53 Å². The highest BCUT2D eigenvalue weighted by Gasteiger charge is 2.06. The summed E-state index contributed by atoms with van der Waals surface area (Å²) in [6.45, 7) is 7.94. The lowest BCUT2D eigenvalue weighted by atomic mass is 10.1. The fourth-order valence-electron chi connectivity index (χ4n) is 0.841. The number of rotatable bonds is 5. The van der Waals surface area contributed by atoms with Gasteiger partial charge in [0.05, 0.1) is 12.2 Å². The highest BCUT2D eigenvalue weighted by molar-refractivity contribution is 5.92. The second-order valence-electron chi connectivity index (χ2n) is 2.77. The fraction of sp³-hybridized carbons (Fsp3) is 0.364. The second-order valence-corrected chi connectivity index (χ2v) is 2.77. The maximum Gasteiger partial charge on any atom is 0.338 e. The Bertz CT molecular complexity index is 264. The topological polar surface area (TPSA) is 52.3 Å². The summed E-state index contributed by atoms with van der Waals surface area (Å²) >= 11 is 0. The van der Waals surface area contributed by atoms with Gasteiger partial charge in [-0.3, -0.25) is 0 Å². The Kier molecular flexibility index (Phi) is 6.41. The minimum Gasteiger partial charge on any atom is -0.462 e. The van der Waals surface area contributed by atoms with Crippen molar-refractivity contribution in [2.24, 2.45) is 5.73 Å². The van der Waals surface area contributed by atoms with Crippen molar-refractivity contribution in [2.75, 3.05) is 13.2 Å². The van der Waals surface area contributed by atoms with E-state index < -0.39 is 0 Å². The molecular weight excluding hydrogens is 178 g/mol. The predicted octanol–water partition coefficient (Wildman–Crippen LogP) is 1.57. The monoisotopic (exact) mass is 195 g/mol. The quantitative estimate of drug-likeness (QED) is 0.411. The summed E-state index contributed by atoms with van der Waals surface area (Å²) in [6, 6.07) is 0. The van der Waals surface area contributed by atoms with Gasteiger partial charge >= 0.3 is 5.97 Å². The summed E-state index contributed by atoms with van der Waals surface area (Å²) in [7, 11) is 0. The standard InChI is InChI=1S/C11H17NO2/c1-4-6-10(7-9(3)8-12)11(13)14-5-2/h4,6-7H,1,5,8,12H2,2-3H3/b9-7+,10-6+. The van der Waals surface area contributed by atoms with Crippen LogP contribution in [0.25, 0.3) is 0 Å².